The Kier molecular flexibility index (Phi) is 3.58. The van der Waals surface area contributed by atoms with Gasteiger partial charge in [-0.15, -0.1) is 23.1 Å². The highest BCUT2D eigenvalue weighted by Gasteiger charge is 2.10. The molecule has 0 nitrogen and oxygen atoms in total. The summed E-state index contributed by atoms with van der Waals surface area (Å²) in [5, 5.41) is 4.37. The Morgan fingerprint density at radius 1 is 1.50 bits per heavy atom. The van der Waals surface area contributed by atoms with E-state index in [-0.39, 0.29) is 0 Å². The number of hydrogen-bond acceptors (Lipinski definition) is 2. The SMILES string of the molecule is CSc1c(CBr)cc2sccc2c1Br. The van der Waals surface area contributed by atoms with Crippen molar-refractivity contribution in [2.45, 2.75) is 10.2 Å². The summed E-state index contributed by atoms with van der Waals surface area (Å²) in [5.74, 6) is 0. The predicted molar refractivity (Wildman–Crippen MR) is 73.9 cm³/mol. The first-order valence-electron chi connectivity index (χ1n) is 4.06. The van der Waals surface area contributed by atoms with Gasteiger partial charge in [-0.25, -0.2) is 0 Å². The van der Waals surface area contributed by atoms with Crippen molar-refractivity contribution in [2.75, 3.05) is 6.26 Å². The highest BCUT2D eigenvalue weighted by Crippen LogP contribution is 2.39. The molecular weight excluding hydrogens is 344 g/mol. The van der Waals surface area contributed by atoms with Gasteiger partial charge >= 0.3 is 0 Å². The van der Waals surface area contributed by atoms with Crippen LogP contribution in [0, 0.1) is 0 Å². The highest BCUT2D eigenvalue weighted by molar-refractivity contribution is 9.10. The maximum Gasteiger partial charge on any atom is 0.0401 e. The van der Waals surface area contributed by atoms with E-state index in [0.29, 0.717) is 0 Å². The molecule has 4 heteroatoms. The van der Waals surface area contributed by atoms with E-state index in [0.717, 1.165) is 5.33 Å². The molecule has 0 aliphatic rings. The molecule has 14 heavy (non-hydrogen) atoms. The number of hydrogen-bond donors (Lipinski definition) is 0. The molecule has 0 saturated carbocycles. The average Bonchev–Trinajstić information content (AvgIpc) is 2.65. The van der Waals surface area contributed by atoms with Crippen molar-refractivity contribution in [2.24, 2.45) is 0 Å². The van der Waals surface area contributed by atoms with Gasteiger partial charge in [0.1, 0.15) is 0 Å². The van der Waals surface area contributed by atoms with Gasteiger partial charge in [0.25, 0.3) is 0 Å². The zero-order valence-corrected chi connectivity index (χ0v) is 12.3. The van der Waals surface area contributed by atoms with E-state index < -0.39 is 0 Å². The number of halogens is 2. The van der Waals surface area contributed by atoms with Crippen LogP contribution in [0.25, 0.3) is 10.1 Å². The lowest BCUT2D eigenvalue weighted by atomic mass is 10.2. The number of thiophene rings is 1. The van der Waals surface area contributed by atoms with Crippen LogP contribution in [0.15, 0.2) is 26.9 Å². The molecule has 0 saturated heterocycles. The smallest absolute Gasteiger partial charge is 0.0401 e. The molecule has 0 fully saturated rings. The Balaban J connectivity index is 2.79. The molecule has 0 spiro atoms. The monoisotopic (exact) mass is 350 g/mol. The molecule has 2 aromatic rings. The van der Waals surface area contributed by atoms with E-state index >= 15 is 0 Å². The van der Waals surface area contributed by atoms with Crippen LogP contribution >= 0.6 is 55.0 Å². The van der Waals surface area contributed by atoms with Crippen LogP contribution in [0.3, 0.4) is 0 Å². The molecule has 1 aromatic heterocycles. The lowest BCUT2D eigenvalue weighted by Gasteiger charge is -2.08. The molecule has 0 amide bonds. The van der Waals surface area contributed by atoms with Crippen molar-refractivity contribution in [3.8, 4) is 0 Å². The first kappa shape index (κ1) is 11.0. The van der Waals surface area contributed by atoms with Crippen molar-refractivity contribution < 1.29 is 0 Å². The Morgan fingerprint density at radius 2 is 2.29 bits per heavy atom. The van der Waals surface area contributed by atoms with Crippen LogP contribution in [-0.4, -0.2) is 6.26 Å². The largest absolute Gasteiger partial charge is 0.144 e. The molecule has 0 aliphatic heterocycles. The summed E-state index contributed by atoms with van der Waals surface area (Å²) >= 11 is 10.8. The molecular formula is C10H8Br2S2. The Hall–Kier alpha value is 0.490. The summed E-state index contributed by atoms with van der Waals surface area (Å²) in [6, 6.07) is 4.44. The number of benzene rings is 1. The van der Waals surface area contributed by atoms with E-state index in [1.165, 1.54) is 25.0 Å². The minimum Gasteiger partial charge on any atom is -0.144 e. The molecule has 1 aromatic carbocycles. The Labute approximate surface area is 108 Å². The fraction of sp³-hybridized carbons (Fsp3) is 0.200. The fourth-order valence-corrected chi connectivity index (χ4v) is 4.81. The first-order valence-corrected chi connectivity index (χ1v) is 8.08. The molecule has 74 valence electrons. The van der Waals surface area contributed by atoms with Gasteiger partial charge in [0.05, 0.1) is 0 Å². The number of rotatable bonds is 2. The summed E-state index contributed by atoms with van der Waals surface area (Å²) in [5.41, 5.74) is 1.36. The van der Waals surface area contributed by atoms with Gasteiger partial charge in [0.15, 0.2) is 0 Å². The fourth-order valence-electron chi connectivity index (χ4n) is 1.42. The maximum atomic E-state index is 3.68. The highest BCUT2D eigenvalue weighted by atomic mass is 79.9. The first-order chi connectivity index (χ1) is 6.77. The van der Waals surface area contributed by atoms with Gasteiger partial charge in [0, 0.05) is 24.8 Å². The molecule has 0 bridgehead atoms. The quantitative estimate of drug-likeness (QED) is 0.523. The summed E-state index contributed by atoms with van der Waals surface area (Å²) in [6.45, 7) is 0. The molecule has 0 radical (unpaired) electrons. The van der Waals surface area contributed by atoms with Gasteiger partial charge in [-0.1, -0.05) is 15.9 Å². The molecule has 2 rings (SSSR count). The lowest BCUT2D eigenvalue weighted by molar-refractivity contribution is 1.29. The second-order valence-electron chi connectivity index (χ2n) is 2.85. The van der Waals surface area contributed by atoms with E-state index in [9.17, 15) is 0 Å². The third-order valence-corrected chi connectivity index (χ3v) is 5.50. The van der Waals surface area contributed by atoms with E-state index in [1.807, 2.05) is 0 Å². The Bertz CT molecular complexity index is 462. The van der Waals surface area contributed by atoms with Crippen LogP contribution < -0.4 is 0 Å². The van der Waals surface area contributed by atoms with Crippen molar-refractivity contribution >= 4 is 65.0 Å². The summed E-state index contributed by atoms with van der Waals surface area (Å²) in [6.07, 6.45) is 2.12. The average molecular weight is 352 g/mol. The Morgan fingerprint density at radius 3 is 2.93 bits per heavy atom. The van der Waals surface area contributed by atoms with Crippen molar-refractivity contribution in [3.63, 3.8) is 0 Å². The second kappa shape index (κ2) is 4.56. The van der Waals surface area contributed by atoms with Gasteiger partial charge in [-0.05, 0) is 45.3 Å². The maximum absolute atomic E-state index is 3.68. The van der Waals surface area contributed by atoms with Gasteiger partial charge in [0.2, 0.25) is 0 Å². The predicted octanol–water partition coefficient (Wildman–Crippen LogP) is 5.28. The zero-order valence-electron chi connectivity index (χ0n) is 7.51. The van der Waals surface area contributed by atoms with E-state index in [1.54, 1.807) is 23.1 Å². The molecule has 0 N–H and O–H groups in total. The zero-order chi connectivity index (χ0) is 10.1. The van der Waals surface area contributed by atoms with Crippen molar-refractivity contribution in [3.05, 3.63) is 27.5 Å². The molecule has 0 unspecified atom stereocenters. The standard InChI is InChI=1S/C10H8Br2S2/c1-13-10-6(5-11)4-8-7(9(10)12)2-3-14-8/h2-4H,5H2,1H3. The van der Waals surface area contributed by atoms with Crippen LogP contribution in [0.4, 0.5) is 0 Å². The summed E-state index contributed by atoms with van der Waals surface area (Å²) in [7, 11) is 0. The minimum atomic E-state index is 0.912. The molecule has 0 aliphatic carbocycles. The lowest BCUT2D eigenvalue weighted by Crippen LogP contribution is -1.84. The minimum absolute atomic E-state index is 0.912. The topological polar surface area (TPSA) is 0 Å². The van der Waals surface area contributed by atoms with Gasteiger partial charge < -0.3 is 0 Å². The number of fused-ring (bicyclic) bond motifs is 1. The summed E-state index contributed by atoms with van der Waals surface area (Å²) in [4.78, 5) is 1.34. The van der Waals surface area contributed by atoms with E-state index in [4.69, 9.17) is 0 Å². The van der Waals surface area contributed by atoms with Crippen LogP contribution in [0.5, 0.6) is 0 Å². The summed E-state index contributed by atoms with van der Waals surface area (Å²) < 4.78 is 2.59. The third-order valence-electron chi connectivity index (χ3n) is 2.08. The van der Waals surface area contributed by atoms with Crippen LogP contribution in [0.1, 0.15) is 5.56 Å². The molecule has 1 heterocycles. The normalized spacial score (nSPS) is 11.1. The van der Waals surface area contributed by atoms with Crippen LogP contribution in [-0.2, 0) is 5.33 Å². The van der Waals surface area contributed by atoms with Crippen molar-refractivity contribution in [1.29, 1.82) is 0 Å². The van der Waals surface area contributed by atoms with E-state index in [2.05, 4.69) is 55.6 Å². The van der Waals surface area contributed by atoms with Crippen LogP contribution in [0.2, 0.25) is 0 Å². The van der Waals surface area contributed by atoms with Crippen molar-refractivity contribution in [1.82, 2.24) is 0 Å². The molecule has 0 atom stereocenters. The second-order valence-corrected chi connectivity index (χ2v) is 5.97. The third kappa shape index (κ3) is 1.77. The van der Waals surface area contributed by atoms with Gasteiger partial charge in [-0.2, -0.15) is 0 Å². The number of thioether (sulfide) groups is 1. The number of alkyl halides is 1. The van der Waals surface area contributed by atoms with Gasteiger partial charge in [-0.3, -0.25) is 0 Å².